The zero-order valence-corrected chi connectivity index (χ0v) is 16.2. The molecule has 1 aliphatic carbocycles. The summed E-state index contributed by atoms with van der Waals surface area (Å²) in [7, 11) is 0. The van der Waals surface area contributed by atoms with Gasteiger partial charge in [0.2, 0.25) is 5.91 Å². The number of anilines is 1. The van der Waals surface area contributed by atoms with Crippen LogP contribution in [0.5, 0.6) is 0 Å². The maximum absolute atomic E-state index is 11.6. The number of aliphatic imine (C=N–C) groups is 1. The van der Waals surface area contributed by atoms with E-state index in [0.29, 0.717) is 11.8 Å². The Hall–Kier alpha value is -1.31. The van der Waals surface area contributed by atoms with E-state index in [9.17, 15) is 4.79 Å². The van der Waals surface area contributed by atoms with Crippen LogP contribution in [0.15, 0.2) is 29.3 Å². The smallest absolute Gasteiger partial charge is 0.241 e. The molecular formula is C17H27IN4O. The number of amides is 1. The lowest BCUT2D eigenvalue weighted by Crippen LogP contribution is -2.30. The number of guanidine groups is 1. The number of nitrogens with zero attached hydrogens (tertiary/aromatic N) is 1. The zero-order valence-electron chi connectivity index (χ0n) is 13.8. The second-order valence-corrected chi connectivity index (χ2v) is 6.01. The summed E-state index contributed by atoms with van der Waals surface area (Å²) >= 11 is 0. The fraction of sp³-hybridized carbons (Fsp3) is 0.529. The van der Waals surface area contributed by atoms with Gasteiger partial charge in [-0.2, -0.15) is 0 Å². The molecule has 1 aliphatic rings. The van der Waals surface area contributed by atoms with Gasteiger partial charge in [0.15, 0.2) is 5.96 Å². The molecule has 5 nitrogen and oxygen atoms in total. The molecule has 23 heavy (non-hydrogen) atoms. The van der Waals surface area contributed by atoms with E-state index in [1.807, 2.05) is 12.1 Å². The van der Waals surface area contributed by atoms with Crippen LogP contribution in [0.3, 0.4) is 0 Å². The van der Waals surface area contributed by atoms with Crippen LogP contribution >= 0.6 is 24.0 Å². The molecule has 1 fully saturated rings. The van der Waals surface area contributed by atoms with Gasteiger partial charge >= 0.3 is 0 Å². The summed E-state index contributed by atoms with van der Waals surface area (Å²) in [6.45, 7) is 5.21. The Morgan fingerprint density at radius 2 is 2.00 bits per heavy atom. The van der Waals surface area contributed by atoms with Crippen molar-refractivity contribution < 1.29 is 4.79 Å². The third kappa shape index (κ3) is 7.20. The first-order chi connectivity index (χ1) is 10.6. The molecular weight excluding hydrogens is 403 g/mol. The summed E-state index contributed by atoms with van der Waals surface area (Å²) in [5, 5.41) is 5.87. The van der Waals surface area contributed by atoms with Crippen LogP contribution in [0.4, 0.5) is 5.69 Å². The second kappa shape index (κ2) is 9.75. The maximum atomic E-state index is 11.6. The van der Waals surface area contributed by atoms with Gasteiger partial charge < -0.3 is 16.4 Å². The van der Waals surface area contributed by atoms with E-state index in [0.717, 1.165) is 18.7 Å². The maximum Gasteiger partial charge on any atom is 0.241 e. The number of hydrogen-bond acceptors (Lipinski definition) is 2. The number of carbonyl (C=O) groups is 1. The summed E-state index contributed by atoms with van der Waals surface area (Å²) in [6.07, 6.45) is 3.56. The highest BCUT2D eigenvalue weighted by Crippen LogP contribution is 2.27. The average Bonchev–Trinajstić information content (AvgIpc) is 3.35. The van der Waals surface area contributed by atoms with E-state index in [-0.39, 0.29) is 42.4 Å². The van der Waals surface area contributed by atoms with Crippen LogP contribution in [-0.2, 0) is 4.79 Å². The van der Waals surface area contributed by atoms with Crippen molar-refractivity contribution in [3.63, 3.8) is 0 Å². The third-order valence-corrected chi connectivity index (χ3v) is 4.04. The van der Waals surface area contributed by atoms with E-state index >= 15 is 0 Å². The van der Waals surface area contributed by atoms with Crippen molar-refractivity contribution in [2.45, 2.75) is 39.0 Å². The van der Waals surface area contributed by atoms with Crippen LogP contribution in [0.2, 0.25) is 0 Å². The lowest BCUT2D eigenvalue weighted by Gasteiger charge is -2.10. The topological polar surface area (TPSA) is 79.5 Å². The molecule has 6 heteroatoms. The number of halogens is 1. The number of benzene rings is 1. The monoisotopic (exact) mass is 430 g/mol. The van der Waals surface area contributed by atoms with Gasteiger partial charge in [-0.1, -0.05) is 26.0 Å². The van der Waals surface area contributed by atoms with Gasteiger partial charge in [-0.25, -0.2) is 4.99 Å². The standard InChI is InChI=1S/C17H26N4O.HI/c1-3-12(2)14-6-8-15(9-7-14)21-17(18)20-11-16(22)19-10-13-4-5-13;/h6-9,12-13H,3-5,10-11H2,1-2H3,(H,19,22)(H3,18,20,21);1H. The highest BCUT2D eigenvalue weighted by Gasteiger charge is 2.21. The molecule has 1 aromatic carbocycles. The zero-order chi connectivity index (χ0) is 15.9. The van der Waals surface area contributed by atoms with E-state index in [4.69, 9.17) is 5.73 Å². The van der Waals surface area contributed by atoms with E-state index in [1.54, 1.807) is 0 Å². The summed E-state index contributed by atoms with van der Waals surface area (Å²) < 4.78 is 0. The van der Waals surface area contributed by atoms with Crippen LogP contribution in [-0.4, -0.2) is 25.0 Å². The van der Waals surface area contributed by atoms with Gasteiger partial charge in [0.1, 0.15) is 6.54 Å². The Morgan fingerprint density at radius 1 is 1.35 bits per heavy atom. The van der Waals surface area contributed by atoms with Crippen molar-refractivity contribution in [3.8, 4) is 0 Å². The van der Waals surface area contributed by atoms with Crippen LogP contribution in [0, 0.1) is 5.92 Å². The number of nitrogens with one attached hydrogen (secondary N) is 2. The van der Waals surface area contributed by atoms with E-state index < -0.39 is 0 Å². The fourth-order valence-corrected chi connectivity index (χ4v) is 2.11. The van der Waals surface area contributed by atoms with Crippen molar-refractivity contribution >= 4 is 41.5 Å². The van der Waals surface area contributed by atoms with Gasteiger partial charge in [0, 0.05) is 12.2 Å². The molecule has 0 aromatic heterocycles. The van der Waals surface area contributed by atoms with Crippen molar-refractivity contribution in [2.24, 2.45) is 16.6 Å². The molecule has 0 heterocycles. The largest absolute Gasteiger partial charge is 0.370 e. The molecule has 1 saturated carbocycles. The van der Waals surface area contributed by atoms with E-state index in [1.165, 1.54) is 18.4 Å². The molecule has 128 valence electrons. The Labute approximate surface area is 155 Å². The SMILES string of the molecule is CCC(C)c1ccc(NC(N)=NCC(=O)NCC2CC2)cc1.I. The number of hydrogen-bond donors (Lipinski definition) is 3. The minimum atomic E-state index is -0.0798. The summed E-state index contributed by atoms with van der Waals surface area (Å²) in [5.74, 6) is 1.41. The normalized spacial score (nSPS) is 15.5. The number of carbonyl (C=O) groups excluding carboxylic acids is 1. The first kappa shape index (κ1) is 19.7. The third-order valence-electron chi connectivity index (χ3n) is 4.04. The lowest BCUT2D eigenvalue weighted by molar-refractivity contribution is -0.119. The predicted molar refractivity (Wildman–Crippen MR) is 106 cm³/mol. The number of nitrogens with two attached hydrogens (primary N) is 1. The minimum Gasteiger partial charge on any atom is -0.370 e. The van der Waals surface area contributed by atoms with Crippen molar-refractivity contribution in [1.82, 2.24) is 5.32 Å². The summed E-state index contributed by atoms with van der Waals surface area (Å²) in [6, 6.07) is 8.15. The van der Waals surface area contributed by atoms with Gasteiger partial charge in [-0.15, -0.1) is 24.0 Å². The fourth-order valence-electron chi connectivity index (χ4n) is 2.11. The molecule has 1 atom stereocenters. The van der Waals surface area contributed by atoms with Crippen LogP contribution in [0.1, 0.15) is 44.6 Å². The molecule has 0 radical (unpaired) electrons. The average molecular weight is 430 g/mol. The lowest BCUT2D eigenvalue weighted by atomic mass is 9.99. The van der Waals surface area contributed by atoms with Gasteiger partial charge in [0.05, 0.1) is 0 Å². The van der Waals surface area contributed by atoms with Gasteiger partial charge in [-0.3, -0.25) is 4.79 Å². The second-order valence-electron chi connectivity index (χ2n) is 6.01. The van der Waals surface area contributed by atoms with Crippen LogP contribution in [0.25, 0.3) is 0 Å². The number of rotatable bonds is 7. The highest BCUT2D eigenvalue weighted by molar-refractivity contribution is 14.0. The van der Waals surface area contributed by atoms with Gasteiger partial charge in [0.25, 0.3) is 0 Å². The van der Waals surface area contributed by atoms with Crippen molar-refractivity contribution in [1.29, 1.82) is 0 Å². The minimum absolute atomic E-state index is 0. The molecule has 0 bridgehead atoms. The Bertz CT molecular complexity index is 526. The first-order valence-electron chi connectivity index (χ1n) is 8.02. The van der Waals surface area contributed by atoms with Crippen LogP contribution < -0.4 is 16.4 Å². The molecule has 1 unspecified atom stereocenters. The Balaban J connectivity index is 0.00000264. The highest BCUT2D eigenvalue weighted by atomic mass is 127. The van der Waals surface area contributed by atoms with Crippen molar-refractivity contribution in [2.75, 3.05) is 18.4 Å². The van der Waals surface area contributed by atoms with E-state index in [2.05, 4.69) is 41.6 Å². The molecule has 0 spiro atoms. The molecule has 1 amide bonds. The Morgan fingerprint density at radius 3 is 2.57 bits per heavy atom. The Kier molecular flexibility index (Phi) is 8.36. The quantitative estimate of drug-likeness (QED) is 0.354. The first-order valence-corrected chi connectivity index (χ1v) is 8.02. The molecule has 4 N–H and O–H groups in total. The summed E-state index contributed by atoms with van der Waals surface area (Å²) in [5.41, 5.74) is 7.99. The molecule has 0 aliphatic heterocycles. The van der Waals surface area contributed by atoms with Gasteiger partial charge in [-0.05, 0) is 48.8 Å². The van der Waals surface area contributed by atoms with Crippen molar-refractivity contribution in [3.05, 3.63) is 29.8 Å². The molecule has 0 saturated heterocycles. The molecule has 1 aromatic rings. The molecule has 2 rings (SSSR count). The summed E-state index contributed by atoms with van der Waals surface area (Å²) in [4.78, 5) is 15.6. The predicted octanol–water partition coefficient (Wildman–Crippen LogP) is 3.07.